The fourth-order valence-electron chi connectivity index (χ4n) is 5.13. The summed E-state index contributed by atoms with van der Waals surface area (Å²) in [6, 6.07) is 44.0. The summed E-state index contributed by atoms with van der Waals surface area (Å²) < 4.78 is 0. The predicted molar refractivity (Wildman–Crippen MR) is 170 cm³/mol. The Morgan fingerprint density at radius 1 is 0.450 bits per heavy atom. The molecule has 1 aliphatic carbocycles. The molecule has 0 aromatic heterocycles. The topological polar surface area (TPSA) is 58.5 Å². The molecular weight excluding hydrogens is 488 g/mol. The van der Waals surface area contributed by atoms with Crippen LogP contribution in [0.1, 0.15) is 12.8 Å². The Morgan fingerprint density at radius 2 is 0.875 bits per heavy atom. The van der Waals surface area contributed by atoms with Gasteiger partial charge in [-0.2, -0.15) is 0 Å². The number of anilines is 7. The number of hydrogen-bond donors (Lipinski definition) is 2. The molecule has 0 aliphatic heterocycles. The van der Waals surface area contributed by atoms with Crippen LogP contribution in [0.25, 0.3) is 11.1 Å². The van der Waals surface area contributed by atoms with Gasteiger partial charge in [0.1, 0.15) is 0 Å². The van der Waals surface area contributed by atoms with Crippen LogP contribution in [-0.2, 0) is 0 Å². The van der Waals surface area contributed by atoms with Crippen LogP contribution in [0.2, 0.25) is 0 Å². The minimum absolute atomic E-state index is 0.752. The first-order valence-corrected chi connectivity index (χ1v) is 13.6. The average molecular weight is 521 g/mol. The molecule has 0 heterocycles. The van der Waals surface area contributed by atoms with E-state index in [1.165, 1.54) is 16.8 Å². The van der Waals surface area contributed by atoms with Crippen LogP contribution in [0.4, 0.5) is 39.8 Å². The van der Waals surface area contributed by atoms with E-state index in [0.29, 0.717) is 0 Å². The Morgan fingerprint density at radius 3 is 1.32 bits per heavy atom. The summed E-state index contributed by atoms with van der Waals surface area (Å²) >= 11 is 0. The molecule has 0 saturated heterocycles. The highest BCUT2D eigenvalue weighted by atomic mass is 15.2. The quantitative estimate of drug-likeness (QED) is 0.210. The standard InChI is InChI=1S/C36H32N4/c37-29-15-23-35(24-16-29)39(31-7-3-1-4-8-31)33-19-11-27(12-20-33)28-13-21-34(22-14-28)40(32-9-5-2-6-10-32)36-25-17-30(38)18-26-36/h1-5,7-9,11-26H,6,10,37-38H2. The Bertz CT molecular complexity index is 1620. The third-order valence-corrected chi connectivity index (χ3v) is 7.18. The molecule has 4 heteroatoms. The second kappa shape index (κ2) is 11.3. The van der Waals surface area contributed by atoms with Crippen LogP contribution in [0.3, 0.4) is 0 Å². The average Bonchev–Trinajstić information content (AvgIpc) is 3.01. The lowest BCUT2D eigenvalue weighted by Gasteiger charge is -2.29. The van der Waals surface area contributed by atoms with E-state index in [4.69, 9.17) is 11.5 Å². The SMILES string of the molecule is Nc1ccc(N(C2=CC=CCC2)c2ccc(-c3ccc(N(c4ccccc4)c4ccc(N)cc4)cc3)cc2)cc1. The van der Waals surface area contributed by atoms with E-state index in [9.17, 15) is 0 Å². The van der Waals surface area contributed by atoms with Crippen molar-refractivity contribution in [2.24, 2.45) is 0 Å². The van der Waals surface area contributed by atoms with Crippen molar-refractivity contribution in [2.45, 2.75) is 12.8 Å². The lowest BCUT2D eigenvalue weighted by Crippen LogP contribution is -2.17. The number of benzene rings is 5. The zero-order valence-corrected chi connectivity index (χ0v) is 22.3. The second-order valence-corrected chi connectivity index (χ2v) is 9.91. The molecule has 5 aromatic rings. The van der Waals surface area contributed by atoms with Crippen molar-refractivity contribution in [1.29, 1.82) is 0 Å². The van der Waals surface area contributed by atoms with Crippen molar-refractivity contribution in [3.05, 3.63) is 151 Å². The molecular formula is C36H32N4. The number of nitrogens with zero attached hydrogens (tertiary/aromatic N) is 2. The van der Waals surface area contributed by atoms with Gasteiger partial charge in [0.05, 0.1) is 0 Å². The van der Waals surface area contributed by atoms with Gasteiger partial charge in [-0.25, -0.2) is 0 Å². The number of para-hydroxylation sites is 1. The fourth-order valence-corrected chi connectivity index (χ4v) is 5.13. The number of nitrogen functional groups attached to an aromatic ring is 2. The number of hydrogen-bond acceptors (Lipinski definition) is 4. The maximum Gasteiger partial charge on any atom is 0.0463 e. The molecule has 0 atom stereocenters. The zero-order valence-electron chi connectivity index (χ0n) is 22.3. The van der Waals surface area contributed by atoms with Crippen molar-refractivity contribution in [1.82, 2.24) is 0 Å². The molecule has 4 nitrogen and oxygen atoms in total. The molecule has 1 aliphatic rings. The van der Waals surface area contributed by atoms with E-state index in [2.05, 4.69) is 125 Å². The van der Waals surface area contributed by atoms with E-state index >= 15 is 0 Å². The minimum Gasteiger partial charge on any atom is -0.399 e. The van der Waals surface area contributed by atoms with Crippen molar-refractivity contribution in [3.63, 3.8) is 0 Å². The highest BCUT2D eigenvalue weighted by Crippen LogP contribution is 2.37. The third-order valence-electron chi connectivity index (χ3n) is 7.18. The monoisotopic (exact) mass is 520 g/mol. The van der Waals surface area contributed by atoms with Gasteiger partial charge < -0.3 is 21.3 Å². The molecule has 0 amide bonds. The van der Waals surface area contributed by atoms with Crippen LogP contribution >= 0.6 is 0 Å². The highest BCUT2D eigenvalue weighted by Gasteiger charge is 2.16. The molecule has 0 spiro atoms. The molecule has 0 fully saturated rings. The number of allylic oxidation sites excluding steroid dienone is 4. The summed E-state index contributed by atoms with van der Waals surface area (Å²) in [6.07, 6.45) is 8.59. The summed E-state index contributed by atoms with van der Waals surface area (Å²) in [5, 5.41) is 0. The first-order valence-electron chi connectivity index (χ1n) is 13.6. The lowest BCUT2D eigenvalue weighted by atomic mass is 10.0. The predicted octanol–water partition coefficient (Wildman–Crippen LogP) is 9.36. The Hall–Kier alpha value is -5.22. The zero-order chi connectivity index (χ0) is 27.3. The molecule has 0 bridgehead atoms. The summed E-state index contributed by atoms with van der Waals surface area (Å²) in [7, 11) is 0. The summed E-state index contributed by atoms with van der Waals surface area (Å²) in [5.74, 6) is 0. The summed E-state index contributed by atoms with van der Waals surface area (Å²) in [5.41, 5.74) is 22.6. The van der Waals surface area contributed by atoms with Crippen LogP contribution < -0.4 is 21.3 Å². The van der Waals surface area contributed by atoms with Gasteiger partial charge in [0, 0.05) is 45.5 Å². The van der Waals surface area contributed by atoms with Crippen LogP contribution in [0, 0.1) is 0 Å². The molecule has 40 heavy (non-hydrogen) atoms. The van der Waals surface area contributed by atoms with E-state index < -0.39 is 0 Å². The van der Waals surface area contributed by atoms with E-state index in [0.717, 1.165) is 52.7 Å². The molecule has 4 N–H and O–H groups in total. The van der Waals surface area contributed by atoms with Gasteiger partial charge in [-0.05, 0) is 115 Å². The third kappa shape index (κ3) is 5.33. The summed E-state index contributed by atoms with van der Waals surface area (Å²) in [6.45, 7) is 0. The van der Waals surface area contributed by atoms with Crippen molar-refractivity contribution < 1.29 is 0 Å². The highest BCUT2D eigenvalue weighted by molar-refractivity contribution is 5.79. The van der Waals surface area contributed by atoms with Crippen LogP contribution in [0.5, 0.6) is 0 Å². The first-order chi connectivity index (χ1) is 19.7. The second-order valence-electron chi connectivity index (χ2n) is 9.91. The van der Waals surface area contributed by atoms with E-state index in [-0.39, 0.29) is 0 Å². The van der Waals surface area contributed by atoms with Gasteiger partial charge in [-0.15, -0.1) is 0 Å². The normalized spacial score (nSPS) is 12.6. The van der Waals surface area contributed by atoms with Gasteiger partial charge in [-0.1, -0.05) is 54.6 Å². The molecule has 0 saturated carbocycles. The van der Waals surface area contributed by atoms with Gasteiger partial charge in [-0.3, -0.25) is 0 Å². The molecule has 5 aromatic carbocycles. The Balaban J connectivity index is 1.30. The van der Waals surface area contributed by atoms with Gasteiger partial charge >= 0.3 is 0 Å². The summed E-state index contributed by atoms with van der Waals surface area (Å²) in [4.78, 5) is 4.56. The molecule has 0 radical (unpaired) electrons. The van der Waals surface area contributed by atoms with Crippen molar-refractivity contribution in [2.75, 3.05) is 21.3 Å². The fraction of sp³-hybridized carbons (Fsp3) is 0.0556. The Kier molecular flexibility index (Phi) is 7.06. The van der Waals surface area contributed by atoms with Gasteiger partial charge in [0.15, 0.2) is 0 Å². The smallest absolute Gasteiger partial charge is 0.0463 e. The van der Waals surface area contributed by atoms with E-state index in [1.54, 1.807) is 0 Å². The molecule has 6 rings (SSSR count). The largest absolute Gasteiger partial charge is 0.399 e. The lowest BCUT2D eigenvalue weighted by molar-refractivity contribution is 0.918. The maximum absolute atomic E-state index is 5.98. The molecule has 196 valence electrons. The molecule has 0 unspecified atom stereocenters. The Labute approximate surface area is 236 Å². The van der Waals surface area contributed by atoms with Crippen molar-refractivity contribution >= 4 is 39.8 Å². The van der Waals surface area contributed by atoms with Crippen molar-refractivity contribution in [3.8, 4) is 11.1 Å². The number of rotatable bonds is 7. The van der Waals surface area contributed by atoms with Gasteiger partial charge in [0.2, 0.25) is 0 Å². The van der Waals surface area contributed by atoms with Crippen LogP contribution in [-0.4, -0.2) is 0 Å². The van der Waals surface area contributed by atoms with Crippen LogP contribution in [0.15, 0.2) is 151 Å². The van der Waals surface area contributed by atoms with Gasteiger partial charge in [0.25, 0.3) is 0 Å². The van der Waals surface area contributed by atoms with E-state index in [1.807, 2.05) is 30.3 Å². The first kappa shape index (κ1) is 25.1. The number of nitrogens with two attached hydrogens (primary N) is 2. The minimum atomic E-state index is 0.752. The maximum atomic E-state index is 5.98.